The third kappa shape index (κ3) is 30.6. The molecule has 12 aliphatic rings. The van der Waals surface area contributed by atoms with Crippen molar-refractivity contribution in [3.8, 4) is 0 Å². The van der Waals surface area contributed by atoms with E-state index in [0.29, 0.717) is 17.9 Å². The zero-order valence-electron chi connectivity index (χ0n) is 77.6. The van der Waals surface area contributed by atoms with Crippen molar-refractivity contribution in [1.82, 2.24) is 0 Å². The highest BCUT2D eigenvalue weighted by Gasteiger charge is 2.57. The topological polar surface area (TPSA) is 448 Å². The lowest BCUT2D eigenvalue weighted by molar-refractivity contribution is -0.144. The quantitative estimate of drug-likeness (QED) is 0.0180. The van der Waals surface area contributed by atoms with Crippen LogP contribution in [0.1, 0.15) is 278 Å². The van der Waals surface area contributed by atoms with E-state index in [0.717, 1.165) is 250 Å². The Bertz CT molecular complexity index is 5000. The zero-order valence-corrected chi connectivity index (χ0v) is 80.7. The van der Waals surface area contributed by atoms with Crippen LogP contribution in [0.3, 0.4) is 0 Å². The first-order valence-electron chi connectivity index (χ1n) is 46.7. The van der Waals surface area contributed by atoms with E-state index in [1.54, 1.807) is 36.4 Å². The third-order valence-corrected chi connectivity index (χ3v) is 30.2. The smallest absolute Gasteiger partial charge is 0.314 e. The number of aliphatic carboxylic acids is 12. The summed E-state index contributed by atoms with van der Waals surface area (Å²) < 4.78 is 13.5. The van der Waals surface area contributed by atoms with E-state index in [1.165, 1.54) is 23.3 Å². The van der Waals surface area contributed by atoms with Crippen LogP contribution in [0.4, 0.5) is 4.39 Å². The van der Waals surface area contributed by atoms with Gasteiger partial charge in [0.25, 0.3) is 0 Å². The van der Waals surface area contributed by atoms with Gasteiger partial charge in [-0.3, -0.25) is 57.5 Å². The maximum absolute atomic E-state index is 12.6. The second kappa shape index (κ2) is 47.3. The molecule has 0 saturated heterocycles. The molecule has 19 rings (SSSR count). The van der Waals surface area contributed by atoms with Gasteiger partial charge in [0.2, 0.25) is 0 Å². The number of carboxylic acids is 12. The van der Waals surface area contributed by atoms with Gasteiger partial charge in [0, 0.05) is 15.4 Å². The second-order valence-corrected chi connectivity index (χ2v) is 40.2. The summed E-state index contributed by atoms with van der Waals surface area (Å²) >= 11 is 14.4. The molecule has 0 aromatic heterocycles. The first-order valence-corrected chi connectivity index (χ1v) is 48.4. The molecule has 0 heterocycles. The lowest BCUT2D eigenvalue weighted by Crippen LogP contribution is -2.19. The molecule has 7 aromatic carbocycles. The Kier molecular flexibility index (Phi) is 38.4. The number of rotatable bonds is 31. The molecule has 135 heavy (non-hydrogen) atoms. The summed E-state index contributed by atoms with van der Waals surface area (Å²) in [6, 6.07) is 58.0. The lowest BCUT2D eigenvalue weighted by atomic mass is 9.95. The summed E-state index contributed by atoms with van der Waals surface area (Å²) in [5, 5.41) is 106. The first kappa shape index (κ1) is 109. The summed E-state index contributed by atoms with van der Waals surface area (Å²) in [4.78, 5) is 128. The summed E-state index contributed by atoms with van der Waals surface area (Å²) in [5.74, 6) is -7.95. The minimum atomic E-state index is -0.743. The van der Waals surface area contributed by atoms with Crippen LogP contribution in [0.25, 0.3) is 0 Å². The van der Waals surface area contributed by atoms with Crippen LogP contribution in [0.2, 0.25) is 5.02 Å². The monoisotopic (exact) mass is 1970 g/mol. The van der Waals surface area contributed by atoms with Gasteiger partial charge in [0.1, 0.15) is 5.82 Å². The fourth-order valence-corrected chi connectivity index (χ4v) is 16.7. The van der Waals surface area contributed by atoms with Gasteiger partial charge in [-0.1, -0.05) is 225 Å². The third-order valence-electron chi connectivity index (χ3n) is 28.9. The molecule has 7 aromatic rings. The van der Waals surface area contributed by atoms with Crippen LogP contribution in [-0.2, 0) is 98.5 Å². The van der Waals surface area contributed by atoms with Crippen molar-refractivity contribution < 1.29 is 123 Å². The van der Waals surface area contributed by atoms with E-state index in [1.807, 2.05) is 155 Å². The van der Waals surface area contributed by atoms with Crippen molar-refractivity contribution >= 4 is 111 Å². The Labute approximate surface area is 807 Å². The Hall–Kier alpha value is -10.8. The second-order valence-electron chi connectivity index (χ2n) is 38.6. The summed E-state index contributed by atoms with van der Waals surface area (Å²) in [7, 11) is 0. The SMILES string of the molecule is CCC1(C(=O)O)CC1.CCC1(C(=O)O)CC1.CCC1(C(=O)O)CC1.CCCCC1(C(=O)O)CC1.Cc1ccc(C2(C(=O)O)CC2)cc1.O=C(O)C1(CCCc2ccccc2)CC1.O=C(O)C1(CCl)CC1.O=C(O)C1(Cc2ccc(F)cc2)CC1.O=C(O)C1(Cc2ccccc2)CC1.O=C(O)C1(c2ccc(Cl)cc2)CC1.O=C(O)C1(c2cccc(Br)c2)CC1.O=C(O)C1(c2ccccc2)CC1. The van der Waals surface area contributed by atoms with E-state index in [-0.39, 0.29) is 38.8 Å². The molecular weight excluding hydrogens is 1840 g/mol. The van der Waals surface area contributed by atoms with Crippen LogP contribution >= 0.6 is 39.1 Å². The van der Waals surface area contributed by atoms with Gasteiger partial charge in [-0.2, -0.15) is 0 Å². The molecule has 12 aliphatic carbocycles. The number of carboxylic acid groups (broad SMARTS) is 12. The molecule has 24 nitrogen and oxygen atoms in total. The summed E-state index contributed by atoms with van der Waals surface area (Å²) in [6.45, 7) is 9.89. The molecule has 12 fully saturated rings. The Balaban J connectivity index is 0.000000182. The van der Waals surface area contributed by atoms with Crippen molar-refractivity contribution in [1.29, 1.82) is 0 Å². The fourth-order valence-electron chi connectivity index (χ4n) is 15.8. The van der Waals surface area contributed by atoms with Crippen LogP contribution in [0.5, 0.6) is 0 Å². The standard InChI is InChI=1S/C13H16O2.C11H11FO2.2C11H12O2.C10H9BrO2.C10H9ClO2.C10H10O2.C8H14O2.3C6H10O2.C5H7ClO2/c14-12(15)13(9-10-13)8-4-7-11-5-2-1-3-6-11;12-9-3-1-8(2-4-9)7-11(5-6-11)10(13)14;1-8-2-4-9(5-3-8)11(6-7-11)10(12)13;12-10(13)11(6-7-11)8-9-4-2-1-3-5-9;11-8-3-1-2-7(6-8)10(4-5-10)9(12)13;11-8-3-1-7(2-4-8)10(5-6-10)9(12)13;11-9(12)10(6-7-10)8-4-2-1-3-5-8;1-2-3-4-8(5-6-8)7(9)10;3*1-2-6(3-4-6)5(7)8;6-3-5(1-2-5)4(7)8/h1-3,5-6H,4,7-10H2,(H,14,15);1-4H,5-7H2,(H,13,14);2-5H,6-7H2,1H3,(H,12,13);1-5H,6-8H2,(H,12,13);1-3,6H,4-5H2,(H,12,13);1-4H,5-6H2,(H,12,13);1-5H,6-7H2,(H,11,12);2-6H2,1H3,(H,9,10);3*2-4H2,1H3,(H,7,8);1-3H2,(H,7,8). The van der Waals surface area contributed by atoms with E-state index >= 15 is 0 Å². The number of unbranched alkanes of at least 4 members (excludes halogenated alkanes) is 1. The Morgan fingerprint density at radius 1 is 0.296 bits per heavy atom. The van der Waals surface area contributed by atoms with Gasteiger partial charge >= 0.3 is 71.6 Å². The molecular formula is C107H130BrCl2FO24. The zero-order chi connectivity index (χ0) is 99.7. The van der Waals surface area contributed by atoms with E-state index < -0.39 is 110 Å². The Morgan fingerprint density at radius 3 is 0.830 bits per heavy atom. The van der Waals surface area contributed by atoms with Gasteiger partial charge < -0.3 is 61.3 Å². The average Bonchev–Trinajstić information content (AvgIpc) is 1.61. The van der Waals surface area contributed by atoms with Crippen molar-refractivity contribution in [2.24, 2.45) is 43.3 Å². The maximum Gasteiger partial charge on any atom is 0.314 e. The van der Waals surface area contributed by atoms with Crippen molar-refractivity contribution in [3.05, 3.63) is 248 Å². The lowest BCUT2D eigenvalue weighted by Gasteiger charge is -2.09. The molecule has 12 N–H and O–H groups in total. The van der Waals surface area contributed by atoms with Crippen molar-refractivity contribution in [2.45, 2.75) is 281 Å². The van der Waals surface area contributed by atoms with Gasteiger partial charge in [0.15, 0.2) is 0 Å². The highest BCUT2D eigenvalue weighted by Crippen LogP contribution is 2.56. The number of carbonyl (C=O) groups is 12. The van der Waals surface area contributed by atoms with E-state index in [2.05, 4.69) is 35.0 Å². The first-order chi connectivity index (χ1) is 63.8. The minimum absolute atomic E-state index is 0.266. The van der Waals surface area contributed by atoms with Crippen LogP contribution in [-0.4, -0.2) is 139 Å². The number of alkyl halides is 1. The molecule has 0 atom stereocenters. The molecule has 0 bridgehead atoms. The highest BCUT2D eigenvalue weighted by atomic mass is 79.9. The predicted octanol–water partition coefficient (Wildman–Crippen LogP) is 23.1. The van der Waals surface area contributed by atoms with E-state index in [9.17, 15) is 61.9 Å². The summed E-state index contributed by atoms with van der Waals surface area (Å²) in [6.07, 6.45) is 29.1. The number of aryl methyl sites for hydroxylation is 2. The normalized spacial score (nSPS) is 19.3. The molecule has 0 spiro atoms. The van der Waals surface area contributed by atoms with Gasteiger partial charge in [-0.15, -0.1) is 11.6 Å². The molecule has 0 radical (unpaired) electrons. The van der Waals surface area contributed by atoms with Crippen molar-refractivity contribution in [3.63, 3.8) is 0 Å². The predicted molar refractivity (Wildman–Crippen MR) is 513 cm³/mol. The molecule has 0 amide bonds. The molecule has 12 saturated carbocycles. The number of benzene rings is 7. The molecule has 0 unspecified atom stereocenters. The van der Waals surface area contributed by atoms with E-state index in [4.69, 9.17) is 84.5 Å². The molecule has 0 aliphatic heterocycles. The summed E-state index contributed by atoms with van der Waals surface area (Å²) in [5.41, 5.74) is 2.87. The number of hydrogen-bond donors (Lipinski definition) is 12. The minimum Gasteiger partial charge on any atom is -0.481 e. The number of hydrogen-bond acceptors (Lipinski definition) is 12. The maximum atomic E-state index is 12.6. The van der Waals surface area contributed by atoms with Gasteiger partial charge in [-0.25, -0.2) is 4.39 Å². The average molecular weight is 1970 g/mol. The fraction of sp³-hybridized carbons (Fsp3) is 0.495. The van der Waals surface area contributed by atoms with Crippen molar-refractivity contribution in [2.75, 3.05) is 5.88 Å². The van der Waals surface area contributed by atoms with Crippen LogP contribution < -0.4 is 0 Å². The van der Waals surface area contributed by atoms with Gasteiger partial charge in [0.05, 0.1) is 65.0 Å². The van der Waals surface area contributed by atoms with Crippen LogP contribution in [0.15, 0.2) is 193 Å². The largest absolute Gasteiger partial charge is 0.481 e. The molecule has 730 valence electrons. The Morgan fingerprint density at radius 2 is 0.570 bits per heavy atom. The number of halogens is 4. The molecule has 28 heteroatoms. The van der Waals surface area contributed by atoms with Gasteiger partial charge in [-0.05, 0) is 294 Å². The van der Waals surface area contributed by atoms with Crippen LogP contribution in [0, 0.1) is 56.1 Å². The highest BCUT2D eigenvalue weighted by molar-refractivity contribution is 9.10.